The van der Waals surface area contributed by atoms with E-state index in [0.717, 1.165) is 22.2 Å². The van der Waals surface area contributed by atoms with E-state index in [-0.39, 0.29) is 5.69 Å². The zero-order chi connectivity index (χ0) is 17.2. The van der Waals surface area contributed by atoms with Crippen molar-refractivity contribution >= 4 is 44.9 Å². The first kappa shape index (κ1) is 17.6. The van der Waals surface area contributed by atoms with Crippen molar-refractivity contribution in [2.45, 2.75) is 13.1 Å². The molecule has 0 spiro atoms. The number of amides is 2. The highest BCUT2D eigenvalue weighted by atomic mass is 79.9. The van der Waals surface area contributed by atoms with Crippen LogP contribution in [0.1, 0.15) is 11.1 Å². The van der Waals surface area contributed by atoms with Crippen molar-refractivity contribution in [1.29, 1.82) is 0 Å². The highest BCUT2D eigenvalue weighted by Crippen LogP contribution is 2.36. The van der Waals surface area contributed by atoms with Crippen molar-refractivity contribution in [2.75, 3.05) is 10.6 Å². The second-order valence-corrected chi connectivity index (χ2v) is 6.00. The van der Waals surface area contributed by atoms with Crippen molar-refractivity contribution in [3.8, 4) is 0 Å². The molecule has 0 unspecified atom stereocenters. The van der Waals surface area contributed by atoms with E-state index >= 15 is 0 Å². The van der Waals surface area contributed by atoms with E-state index in [9.17, 15) is 18.0 Å². The van der Waals surface area contributed by atoms with Gasteiger partial charge in [-0.2, -0.15) is 13.2 Å². The molecule has 0 aliphatic heterocycles. The van der Waals surface area contributed by atoms with E-state index in [1.807, 2.05) is 6.92 Å². The first-order chi connectivity index (χ1) is 10.7. The SMILES string of the molecule is Cc1cc(NC(=O)Nc2ccc(Cl)c(C(F)(F)F)c2)ccc1Br. The highest BCUT2D eigenvalue weighted by molar-refractivity contribution is 9.10. The molecule has 2 amide bonds. The maximum absolute atomic E-state index is 12.8. The molecule has 0 aromatic heterocycles. The predicted octanol–water partition coefficient (Wildman–Crippen LogP) is 6.07. The van der Waals surface area contributed by atoms with Gasteiger partial charge in [-0.25, -0.2) is 4.79 Å². The van der Waals surface area contributed by atoms with Crippen molar-refractivity contribution in [2.24, 2.45) is 0 Å². The summed E-state index contributed by atoms with van der Waals surface area (Å²) < 4.78 is 39.2. The average Bonchev–Trinajstić information content (AvgIpc) is 2.44. The van der Waals surface area contributed by atoms with Gasteiger partial charge < -0.3 is 10.6 Å². The Hall–Kier alpha value is -1.73. The summed E-state index contributed by atoms with van der Waals surface area (Å²) in [5.41, 5.74) is 0.423. The Labute approximate surface area is 144 Å². The number of halogens is 5. The Morgan fingerprint density at radius 1 is 1.09 bits per heavy atom. The third kappa shape index (κ3) is 4.62. The molecule has 0 heterocycles. The van der Waals surface area contributed by atoms with Crippen LogP contribution in [0.2, 0.25) is 5.02 Å². The second-order valence-electron chi connectivity index (χ2n) is 4.74. The van der Waals surface area contributed by atoms with Gasteiger partial charge in [-0.3, -0.25) is 0 Å². The summed E-state index contributed by atoms with van der Waals surface area (Å²) in [6.45, 7) is 1.85. The highest BCUT2D eigenvalue weighted by Gasteiger charge is 2.33. The number of alkyl halides is 3. The zero-order valence-corrected chi connectivity index (χ0v) is 14.1. The number of aryl methyl sites for hydroxylation is 1. The average molecular weight is 408 g/mol. The lowest BCUT2D eigenvalue weighted by Gasteiger charge is -2.12. The van der Waals surface area contributed by atoms with E-state index < -0.39 is 22.8 Å². The quantitative estimate of drug-likeness (QED) is 0.623. The van der Waals surface area contributed by atoms with Crippen LogP contribution in [-0.2, 0) is 6.18 Å². The molecule has 0 aliphatic rings. The molecular weight excluding hydrogens is 397 g/mol. The van der Waals surface area contributed by atoms with Crippen LogP contribution in [0.15, 0.2) is 40.9 Å². The van der Waals surface area contributed by atoms with Gasteiger partial charge in [-0.15, -0.1) is 0 Å². The lowest BCUT2D eigenvalue weighted by atomic mass is 10.2. The summed E-state index contributed by atoms with van der Waals surface area (Å²) >= 11 is 8.86. The number of urea groups is 1. The van der Waals surface area contributed by atoms with Crippen LogP contribution in [0.4, 0.5) is 29.3 Å². The number of hydrogen-bond donors (Lipinski definition) is 2. The fourth-order valence-corrected chi connectivity index (χ4v) is 2.31. The maximum Gasteiger partial charge on any atom is 0.417 e. The fourth-order valence-electron chi connectivity index (χ4n) is 1.84. The van der Waals surface area contributed by atoms with Crippen molar-refractivity contribution in [3.63, 3.8) is 0 Å². The molecule has 2 N–H and O–H groups in total. The summed E-state index contributed by atoms with van der Waals surface area (Å²) in [6, 6.07) is 7.67. The van der Waals surface area contributed by atoms with Gasteiger partial charge in [0.1, 0.15) is 0 Å². The minimum absolute atomic E-state index is 0.00643. The number of rotatable bonds is 2. The largest absolute Gasteiger partial charge is 0.417 e. The lowest BCUT2D eigenvalue weighted by molar-refractivity contribution is -0.137. The van der Waals surface area contributed by atoms with Gasteiger partial charge in [0.15, 0.2) is 0 Å². The Morgan fingerprint density at radius 2 is 1.65 bits per heavy atom. The molecule has 0 saturated carbocycles. The van der Waals surface area contributed by atoms with E-state index in [1.54, 1.807) is 18.2 Å². The molecule has 0 atom stereocenters. The van der Waals surface area contributed by atoms with Gasteiger partial charge in [-0.05, 0) is 48.9 Å². The summed E-state index contributed by atoms with van der Waals surface area (Å²) in [4.78, 5) is 11.9. The molecule has 23 heavy (non-hydrogen) atoms. The van der Waals surface area contributed by atoms with Crippen LogP contribution >= 0.6 is 27.5 Å². The van der Waals surface area contributed by atoms with Gasteiger partial charge in [0.25, 0.3) is 0 Å². The van der Waals surface area contributed by atoms with Crippen LogP contribution in [0, 0.1) is 6.92 Å². The van der Waals surface area contributed by atoms with Gasteiger partial charge in [0.05, 0.1) is 10.6 Å². The normalized spacial score (nSPS) is 11.2. The van der Waals surface area contributed by atoms with E-state index in [2.05, 4.69) is 26.6 Å². The summed E-state index contributed by atoms with van der Waals surface area (Å²) in [7, 11) is 0. The monoisotopic (exact) mass is 406 g/mol. The van der Waals surface area contributed by atoms with Crippen LogP contribution in [0.25, 0.3) is 0 Å². The molecule has 2 aromatic rings. The van der Waals surface area contributed by atoms with Crippen LogP contribution in [-0.4, -0.2) is 6.03 Å². The second kappa shape index (κ2) is 6.80. The van der Waals surface area contributed by atoms with Gasteiger partial charge in [-0.1, -0.05) is 27.5 Å². The van der Waals surface area contributed by atoms with Crippen LogP contribution in [0.5, 0.6) is 0 Å². The Morgan fingerprint density at radius 3 is 2.22 bits per heavy atom. The first-order valence-electron chi connectivity index (χ1n) is 6.38. The molecule has 122 valence electrons. The molecule has 0 bridgehead atoms. The number of anilines is 2. The predicted molar refractivity (Wildman–Crippen MR) is 88.0 cm³/mol. The molecule has 2 rings (SSSR count). The van der Waals surface area contributed by atoms with E-state index in [4.69, 9.17) is 11.6 Å². The zero-order valence-electron chi connectivity index (χ0n) is 11.8. The van der Waals surface area contributed by atoms with Crippen molar-refractivity contribution in [3.05, 3.63) is 57.0 Å². The van der Waals surface area contributed by atoms with Gasteiger partial charge in [0, 0.05) is 15.8 Å². The Bertz CT molecular complexity index is 750. The first-order valence-corrected chi connectivity index (χ1v) is 7.55. The molecule has 0 saturated heterocycles. The minimum Gasteiger partial charge on any atom is -0.308 e. The van der Waals surface area contributed by atoms with Gasteiger partial charge in [0.2, 0.25) is 0 Å². The van der Waals surface area contributed by atoms with Gasteiger partial charge >= 0.3 is 12.2 Å². The Balaban J connectivity index is 2.12. The maximum atomic E-state index is 12.8. The number of nitrogens with one attached hydrogen (secondary N) is 2. The van der Waals surface area contributed by atoms with E-state index in [0.29, 0.717) is 5.69 Å². The number of benzene rings is 2. The lowest BCUT2D eigenvalue weighted by Crippen LogP contribution is -2.20. The Kier molecular flexibility index (Phi) is 5.21. The fraction of sp³-hybridized carbons (Fsp3) is 0.133. The van der Waals surface area contributed by atoms with Crippen LogP contribution < -0.4 is 10.6 Å². The van der Waals surface area contributed by atoms with E-state index in [1.165, 1.54) is 6.07 Å². The standard InChI is InChI=1S/C15H11BrClF3N2O/c1-8-6-9(2-4-12(8)16)21-14(23)22-10-3-5-13(17)11(7-10)15(18,19)20/h2-7H,1H3,(H2,21,22,23). The third-order valence-corrected chi connectivity index (χ3v) is 4.16. The minimum atomic E-state index is -4.59. The molecule has 0 aliphatic carbocycles. The molecular formula is C15H11BrClF3N2O. The molecule has 2 aromatic carbocycles. The van der Waals surface area contributed by atoms with Crippen molar-refractivity contribution in [1.82, 2.24) is 0 Å². The topological polar surface area (TPSA) is 41.1 Å². The molecule has 0 fully saturated rings. The summed E-state index contributed by atoms with van der Waals surface area (Å²) in [6.07, 6.45) is -4.59. The number of hydrogen-bond acceptors (Lipinski definition) is 1. The third-order valence-electron chi connectivity index (χ3n) is 2.95. The van der Waals surface area contributed by atoms with Crippen molar-refractivity contribution < 1.29 is 18.0 Å². The molecule has 0 radical (unpaired) electrons. The summed E-state index contributed by atoms with van der Waals surface area (Å²) in [5, 5.41) is 4.47. The number of carbonyl (C=O) groups is 1. The van der Waals surface area contributed by atoms with Crippen LogP contribution in [0.3, 0.4) is 0 Å². The summed E-state index contributed by atoms with van der Waals surface area (Å²) in [5.74, 6) is 0. The molecule has 8 heteroatoms. The number of carbonyl (C=O) groups excluding carboxylic acids is 1. The smallest absolute Gasteiger partial charge is 0.308 e. The molecule has 3 nitrogen and oxygen atoms in total.